The molecule has 0 saturated heterocycles. The van der Waals surface area contributed by atoms with Gasteiger partial charge in [-0.3, -0.25) is 0 Å². The van der Waals surface area contributed by atoms with Crippen molar-refractivity contribution >= 4 is 5.69 Å². The van der Waals surface area contributed by atoms with Gasteiger partial charge in [-0.25, -0.2) is 0 Å². The topological polar surface area (TPSA) is 64.9 Å². The first-order valence-corrected chi connectivity index (χ1v) is 6.40. The van der Waals surface area contributed by atoms with E-state index >= 15 is 0 Å². The van der Waals surface area contributed by atoms with Gasteiger partial charge in [0, 0.05) is 16.8 Å². The molecule has 3 rings (SSSR count). The van der Waals surface area contributed by atoms with Gasteiger partial charge in [0.2, 0.25) is 11.8 Å². The van der Waals surface area contributed by atoms with Crippen molar-refractivity contribution in [3.63, 3.8) is 0 Å². The Morgan fingerprint density at radius 2 is 1.40 bits per heavy atom. The molecule has 0 fully saturated rings. The molecule has 2 N–H and O–H groups in total. The summed E-state index contributed by atoms with van der Waals surface area (Å²) in [6.07, 6.45) is 0. The number of nitrogens with zero attached hydrogens (tertiary/aromatic N) is 2. The molecule has 100 valence electrons. The maximum Gasteiger partial charge on any atom is 0.248 e. The first kappa shape index (κ1) is 12.4. The summed E-state index contributed by atoms with van der Waals surface area (Å²) in [6, 6.07) is 13.5. The highest BCUT2D eigenvalue weighted by atomic mass is 16.4. The number of aromatic nitrogens is 2. The molecule has 0 spiro atoms. The summed E-state index contributed by atoms with van der Waals surface area (Å²) in [7, 11) is 0. The largest absolute Gasteiger partial charge is 0.416 e. The summed E-state index contributed by atoms with van der Waals surface area (Å²) >= 11 is 0. The number of rotatable bonds is 2. The fourth-order valence-electron chi connectivity index (χ4n) is 1.96. The lowest BCUT2D eigenvalue weighted by Crippen LogP contribution is -1.83. The van der Waals surface area contributed by atoms with Gasteiger partial charge in [0.1, 0.15) is 0 Å². The molecule has 3 aromatic rings. The maximum atomic E-state index is 5.73. The summed E-state index contributed by atoms with van der Waals surface area (Å²) in [6.45, 7) is 4.14. The molecule has 2 aromatic carbocycles. The highest BCUT2D eigenvalue weighted by Gasteiger charge is 2.10. The number of nitrogen functional groups attached to an aromatic ring is 1. The highest BCUT2D eigenvalue weighted by Crippen LogP contribution is 2.25. The second-order valence-electron chi connectivity index (χ2n) is 4.83. The number of hydrogen-bond donors (Lipinski definition) is 1. The Kier molecular flexibility index (Phi) is 2.99. The van der Waals surface area contributed by atoms with Crippen LogP contribution in [0.2, 0.25) is 0 Å². The predicted octanol–water partition coefficient (Wildman–Crippen LogP) is 3.60. The minimum absolute atomic E-state index is 0.498. The maximum absolute atomic E-state index is 5.73. The van der Waals surface area contributed by atoms with Crippen LogP contribution in [0.15, 0.2) is 46.9 Å². The van der Waals surface area contributed by atoms with Crippen molar-refractivity contribution in [2.24, 2.45) is 0 Å². The van der Waals surface area contributed by atoms with Crippen LogP contribution in [-0.2, 0) is 0 Å². The molecule has 0 aliphatic rings. The van der Waals surface area contributed by atoms with E-state index < -0.39 is 0 Å². The number of nitrogens with two attached hydrogens (primary N) is 1. The average molecular weight is 265 g/mol. The average Bonchev–Trinajstić information content (AvgIpc) is 2.92. The van der Waals surface area contributed by atoms with E-state index in [2.05, 4.69) is 36.2 Å². The first-order chi connectivity index (χ1) is 9.63. The molecule has 0 aliphatic heterocycles. The number of hydrogen-bond acceptors (Lipinski definition) is 4. The Balaban J connectivity index is 1.97. The Morgan fingerprint density at radius 3 is 2.05 bits per heavy atom. The van der Waals surface area contributed by atoms with Crippen molar-refractivity contribution in [2.75, 3.05) is 5.73 Å². The van der Waals surface area contributed by atoms with Gasteiger partial charge in [-0.05, 0) is 61.4 Å². The van der Waals surface area contributed by atoms with Crippen LogP contribution in [0.4, 0.5) is 5.69 Å². The monoisotopic (exact) mass is 265 g/mol. The van der Waals surface area contributed by atoms with Gasteiger partial charge < -0.3 is 10.2 Å². The van der Waals surface area contributed by atoms with E-state index in [0.717, 1.165) is 11.1 Å². The van der Waals surface area contributed by atoms with E-state index in [1.807, 2.05) is 30.3 Å². The van der Waals surface area contributed by atoms with Crippen molar-refractivity contribution in [2.45, 2.75) is 13.8 Å². The molecule has 4 heteroatoms. The van der Waals surface area contributed by atoms with Crippen LogP contribution in [0.5, 0.6) is 0 Å². The van der Waals surface area contributed by atoms with Crippen molar-refractivity contribution < 1.29 is 4.42 Å². The fourth-order valence-corrected chi connectivity index (χ4v) is 1.96. The van der Waals surface area contributed by atoms with Crippen molar-refractivity contribution in [3.8, 4) is 22.9 Å². The zero-order valence-corrected chi connectivity index (χ0v) is 11.4. The molecule has 1 aromatic heterocycles. The molecule has 0 unspecified atom stereocenters. The zero-order chi connectivity index (χ0) is 14.1. The predicted molar refractivity (Wildman–Crippen MR) is 79.1 cm³/mol. The van der Waals surface area contributed by atoms with Gasteiger partial charge in [-0.2, -0.15) is 0 Å². The molecule has 0 amide bonds. The summed E-state index contributed by atoms with van der Waals surface area (Å²) in [5.41, 5.74) is 10.6. The van der Waals surface area contributed by atoms with Crippen LogP contribution >= 0.6 is 0 Å². The lowest BCUT2D eigenvalue weighted by atomic mass is 10.1. The van der Waals surface area contributed by atoms with E-state index in [1.54, 1.807) is 0 Å². The Bertz CT molecular complexity index is 745. The SMILES string of the molecule is Cc1ccc(-c2nnc(-c3ccc(N)cc3)o2)cc1C. The van der Waals surface area contributed by atoms with Crippen molar-refractivity contribution in [3.05, 3.63) is 53.6 Å². The summed E-state index contributed by atoms with van der Waals surface area (Å²) < 4.78 is 5.73. The molecule has 4 nitrogen and oxygen atoms in total. The molecule has 0 saturated carbocycles. The van der Waals surface area contributed by atoms with Crippen LogP contribution < -0.4 is 5.73 Å². The third-order valence-electron chi connectivity index (χ3n) is 3.34. The van der Waals surface area contributed by atoms with Gasteiger partial charge in [0.25, 0.3) is 0 Å². The van der Waals surface area contributed by atoms with Gasteiger partial charge >= 0.3 is 0 Å². The number of benzene rings is 2. The van der Waals surface area contributed by atoms with Crippen LogP contribution in [0.25, 0.3) is 22.9 Å². The van der Waals surface area contributed by atoms with Crippen LogP contribution in [-0.4, -0.2) is 10.2 Å². The van der Waals surface area contributed by atoms with Gasteiger partial charge in [-0.1, -0.05) is 6.07 Å². The van der Waals surface area contributed by atoms with Gasteiger partial charge in [0.15, 0.2) is 0 Å². The third-order valence-corrected chi connectivity index (χ3v) is 3.34. The Hall–Kier alpha value is -2.62. The summed E-state index contributed by atoms with van der Waals surface area (Å²) in [5, 5.41) is 8.20. The van der Waals surface area contributed by atoms with E-state index in [9.17, 15) is 0 Å². The van der Waals surface area contributed by atoms with Crippen LogP contribution in [0.1, 0.15) is 11.1 Å². The fraction of sp³-hybridized carbons (Fsp3) is 0.125. The van der Waals surface area contributed by atoms with Crippen molar-refractivity contribution in [1.29, 1.82) is 0 Å². The molecular formula is C16H15N3O. The second-order valence-corrected chi connectivity index (χ2v) is 4.83. The zero-order valence-electron chi connectivity index (χ0n) is 11.4. The molecule has 0 atom stereocenters. The highest BCUT2D eigenvalue weighted by molar-refractivity contribution is 5.60. The number of aryl methyl sites for hydroxylation is 2. The van der Waals surface area contributed by atoms with E-state index in [-0.39, 0.29) is 0 Å². The van der Waals surface area contributed by atoms with E-state index in [4.69, 9.17) is 10.2 Å². The summed E-state index contributed by atoms with van der Waals surface area (Å²) in [4.78, 5) is 0. The van der Waals surface area contributed by atoms with Gasteiger partial charge in [-0.15, -0.1) is 10.2 Å². The second kappa shape index (κ2) is 4.81. The van der Waals surface area contributed by atoms with Gasteiger partial charge in [0.05, 0.1) is 0 Å². The molecule has 1 heterocycles. The Morgan fingerprint density at radius 1 is 0.800 bits per heavy atom. The first-order valence-electron chi connectivity index (χ1n) is 6.40. The quantitative estimate of drug-likeness (QED) is 0.719. The van der Waals surface area contributed by atoms with Crippen LogP contribution in [0, 0.1) is 13.8 Å². The third kappa shape index (κ3) is 2.28. The van der Waals surface area contributed by atoms with E-state index in [0.29, 0.717) is 17.5 Å². The molecular weight excluding hydrogens is 250 g/mol. The molecule has 0 aliphatic carbocycles. The smallest absolute Gasteiger partial charge is 0.248 e. The summed E-state index contributed by atoms with van der Waals surface area (Å²) in [5.74, 6) is 1.03. The van der Waals surface area contributed by atoms with E-state index in [1.165, 1.54) is 11.1 Å². The molecule has 0 radical (unpaired) electrons. The minimum atomic E-state index is 0.498. The Labute approximate surface area is 117 Å². The molecule has 0 bridgehead atoms. The number of anilines is 1. The van der Waals surface area contributed by atoms with Crippen molar-refractivity contribution in [1.82, 2.24) is 10.2 Å². The molecule has 20 heavy (non-hydrogen) atoms. The lowest BCUT2D eigenvalue weighted by molar-refractivity contribution is 0.584. The van der Waals surface area contributed by atoms with Crippen LogP contribution in [0.3, 0.4) is 0 Å². The minimum Gasteiger partial charge on any atom is -0.416 e. The lowest BCUT2D eigenvalue weighted by Gasteiger charge is -2.01. The standard InChI is InChI=1S/C16H15N3O/c1-10-3-4-13(9-11(10)2)16-19-18-15(20-16)12-5-7-14(17)8-6-12/h3-9H,17H2,1-2H3. The normalized spacial score (nSPS) is 10.7.